The maximum absolute atomic E-state index is 11.1. The fourth-order valence-corrected chi connectivity index (χ4v) is 0.743. The molecule has 0 aromatic heterocycles. The van der Waals surface area contributed by atoms with E-state index in [2.05, 4.69) is 4.74 Å². The van der Waals surface area contributed by atoms with E-state index >= 15 is 0 Å². The van der Waals surface area contributed by atoms with E-state index in [9.17, 15) is 9.59 Å². The molecule has 0 aromatic carbocycles. The third-order valence-electron chi connectivity index (χ3n) is 1.46. The molecule has 1 unspecified atom stereocenters. The molecule has 0 fully saturated rings. The van der Waals surface area contributed by atoms with Crippen LogP contribution in [0, 0.1) is 0 Å². The van der Waals surface area contributed by atoms with Crippen molar-refractivity contribution in [3.8, 4) is 0 Å². The van der Waals surface area contributed by atoms with Crippen LogP contribution < -0.4 is 0 Å². The Bertz CT molecular complexity index is 203. The summed E-state index contributed by atoms with van der Waals surface area (Å²) in [6.45, 7) is 3.69. The Morgan fingerprint density at radius 3 is 2.36 bits per heavy atom. The molecular formula is C9H17NO4. The van der Waals surface area contributed by atoms with Gasteiger partial charge < -0.3 is 14.4 Å². The Kier molecular flexibility index (Phi) is 5.87. The number of rotatable bonds is 5. The fourth-order valence-electron chi connectivity index (χ4n) is 0.743. The Labute approximate surface area is 84.0 Å². The second-order valence-electron chi connectivity index (χ2n) is 3.22. The topological polar surface area (TPSA) is 55.8 Å². The normalized spacial score (nSPS) is 12.4. The van der Waals surface area contributed by atoms with Crippen LogP contribution in [0.15, 0.2) is 0 Å². The number of hydrogen-bond donors (Lipinski definition) is 0. The zero-order valence-electron chi connectivity index (χ0n) is 9.07. The smallest absolute Gasteiger partial charge is 0.347 e. The van der Waals surface area contributed by atoms with Gasteiger partial charge in [-0.2, -0.15) is 0 Å². The van der Waals surface area contributed by atoms with Gasteiger partial charge in [-0.1, -0.05) is 0 Å². The van der Waals surface area contributed by atoms with Gasteiger partial charge >= 0.3 is 11.9 Å². The molecule has 0 rings (SSSR count). The summed E-state index contributed by atoms with van der Waals surface area (Å²) in [4.78, 5) is 23.5. The number of hydrogen-bond acceptors (Lipinski definition) is 5. The lowest BCUT2D eigenvalue weighted by atomic mass is 10.4. The fraction of sp³-hybridized carbons (Fsp3) is 0.778. The van der Waals surface area contributed by atoms with Crippen molar-refractivity contribution in [2.45, 2.75) is 20.0 Å². The molecular weight excluding hydrogens is 186 g/mol. The molecule has 0 saturated carbocycles. The highest BCUT2D eigenvalue weighted by Gasteiger charge is 2.16. The van der Waals surface area contributed by atoms with E-state index < -0.39 is 18.0 Å². The third kappa shape index (κ3) is 6.42. The summed E-state index contributed by atoms with van der Waals surface area (Å²) in [7, 11) is 3.76. The van der Waals surface area contributed by atoms with Crippen molar-refractivity contribution in [2.24, 2.45) is 0 Å². The number of ether oxygens (including phenoxy) is 2. The molecule has 0 N–H and O–H groups in total. The van der Waals surface area contributed by atoms with Crippen molar-refractivity contribution >= 4 is 11.9 Å². The van der Waals surface area contributed by atoms with Crippen LogP contribution in [0.25, 0.3) is 0 Å². The molecule has 0 aliphatic heterocycles. The molecule has 5 nitrogen and oxygen atoms in total. The van der Waals surface area contributed by atoms with E-state index in [1.807, 2.05) is 19.0 Å². The van der Waals surface area contributed by atoms with Crippen LogP contribution in [-0.2, 0) is 19.1 Å². The largest absolute Gasteiger partial charge is 0.462 e. The summed E-state index contributed by atoms with van der Waals surface area (Å²) >= 11 is 0. The highest BCUT2D eigenvalue weighted by atomic mass is 16.6. The van der Waals surface area contributed by atoms with Crippen LogP contribution in [0.1, 0.15) is 13.8 Å². The molecule has 0 bridgehead atoms. The lowest BCUT2D eigenvalue weighted by Gasteiger charge is -2.13. The highest BCUT2D eigenvalue weighted by molar-refractivity contribution is 5.78. The maximum atomic E-state index is 11.1. The van der Waals surface area contributed by atoms with Gasteiger partial charge in [0.1, 0.15) is 6.61 Å². The second-order valence-corrected chi connectivity index (χ2v) is 3.22. The Morgan fingerprint density at radius 2 is 1.93 bits per heavy atom. The summed E-state index contributed by atoms with van der Waals surface area (Å²) in [5.41, 5.74) is 0. The molecule has 14 heavy (non-hydrogen) atoms. The van der Waals surface area contributed by atoms with Gasteiger partial charge in [-0.25, -0.2) is 4.79 Å². The van der Waals surface area contributed by atoms with Crippen LogP contribution in [0.3, 0.4) is 0 Å². The van der Waals surface area contributed by atoms with Crippen molar-refractivity contribution < 1.29 is 19.1 Å². The quantitative estimate of drug-likeness (QED) is 0.591. The monoisotopic (exact) mass is 203 g/mol. The van der Waals surface area contributed by atoms with Gasteiger partial charge in [-0.3, -0.25) is 4.79 Å². The summed E-state index contributed by atoms with van der Waals surface area (Å²) in [5.74, 6) is -0.996. The van der Waals surface area contributed by atoms with Gasteiger partial charge in [0, 0.05) is 13.5 Å². The van der Waals surface area contributed by atoms with Crippen LogP contribution in [-0.4, -0.2) is 50.2 Å². The predicted molar refractivity (Wildman–Crippen MR) is 50.7 cm³/mol. The highest BCUT2D eigenvalue weighted by Crippen LogP contribution is 1.95. The molecule has 5 heteroatoms. The Hall–Kier alpha value is -1.10. The molecule has 1 atom stereocenters. The Morgan fingerprint density at radius 1 is 1.36 bits per heavy atom. The van der Waals surface area contributed by atoms with Crippen molar-refractivity contribution in [3.05, 3.63) is 0 Å². The van der Waals surface area contributed by atoms with E-state index in [4.69, 9.17) is 4.74 Å². The first-order chi connectivity index (χ1) is 6.43. The van der Waals surface area contributed by atoms with Gasteiger partial charge in [-0.15, -0.1) is 0 Å². The second kappa shape index (κ2) is 6.37. The van der Waals surface area contributed by atoms with Crippen molar-refractivity contribution in [1.29, 1.82) is 0 Å². The maximum Gasteiger partial charge on any atom is 0.347 e. The van der Waals surface area contributed by atoms with Gasteiger partial charge in [0.25, 0.3) is 0 Å². The van der Waals surface area contributed by atoms with Crippen molar-refractivity contribution in [2.75, 3.05) is 27.2 Å². The minimum absolute atomic E-state index is 0.303. The van der Waals surface area contributed by atoms with Crippen LogP contribution in [0.2, 0.25) is 0 Å². The summed E-state index contributed by atoms with van der Waals surface area (Å²) < 4.78 is 9.50. The minimum Gasteiger partial charge on any atom is -0.462 e. The molecule has 0 saturated heterocycles. The first-order valence-electron chi connectivity index (χ1n) is 4.42. The van der Waals surface area contributed by atoms with E-state index in [0.717, 1.165) is 0 Å². The SMILES string of the molecule is CC(=O)OC(C)C(=O)OCCN(C)C. The minimum atomic E-state index is -0.824. The lowest BCUT2D eigenvalue weighted by molar-refractivity contribution is -0.165. The molecule has 0 spiro atoms. The molecule has 0 aromatic rings. The first-order valence-corrected chi connectivity index (χ1v) is 4.42. The zero-order chi connectivity index (χ0) is 11.1. The van der Waals surface area contributed by atoms with Crippen LogP contribution >= 0.6 is 0 Å². The standard InChI is InChI=1S/C9H17NO4/c1-7(14-8(2)11)9(12)13-6-5-10(3)4/h7H,5-6H2,1-4H3. The number of carbonyl (C=O) groups excluding carboxylic acids is 2. The van der Waals surface area contributed by atoms with E-state index in [0.29, 0.717) is 13.2 Å². The van der Waals surface area contributed by atoms with Gasteiger partial charge in [-0.05, 0) is 21.0 Å². The van der Waals surface area contributed by atoms with Gasteiger partial charge in [0.05, 0.1) is 0 Å². The number of carbonyl (C=O) groups is 2. The number of esters is 2. The molecule has 0 amide bonds. The molecule has 0 aliphatic carbocycles. The van der Waals surface area contributed by atoms with Gasteiger partial charge in [0.15, 0.2) is 6.10 Å². The number of nitrogens with zero attached hydrogens (tertiary/aromatic N) is 1. The zero-order valence-corrected chi connectivity index (χ0v) is 9.07. The Balaban J connectivity index is 3.67. The predicted octanol–water partition coefficient (Wildman–Crippen LogP) is 0.0428. The van der Waals surface area contributed by atoms with E-state index in [-0.39, 0.29) is 0 Å². The van der Waals surface area contributed by atoms with E-state index in [1.54, 1.807) is 0 Å². The summed E-state index contributed by atoms with van der Waals surface area (Å²) in [6.07, 6.45) is -0.824. The van der Waals surface area contributed by atoms with Crippen LogP contribution in [0.5, 0.6) is 0 Å². The van der Waals surface area contributed by atoms with E-state index in [1.165, 1.54) is 13.8 Å². The van der Waals surface area contributed by atoms with Crippen molar-refractivity contribution in [3.63, 3.8) is 0 Å². The molecule has 0 radical (unpaired) electrons. The van der Waals surface area contributed by atoms with Crippen LogP contribution in [0.4, 0.5) is 0 Å². The molecule has 0 aliphatic rings. The first kappa shape index (κ1) is 12.9. The summed E-state index contributed by atoms with van der Waals surface area (Å²) in [5, 5.41) is 0. The van der Waals surface area contributed by atoms with Gasteiger partial charge in [0.2, 0.25) is 0 Å². The average molecular weight is 203 g/mol. The third-order valence-corrected chi connectivity index (χ3v) is 1.46. The molecule has 0 heterocycles. The summed E-state index contributed by atoms with van der Waals surface area (Å²) in [6, 6.07) is 0. The van der Waals surface area contributed by atoms with Crippen molar-refractivity contribution in [1.82, 2.24) is 4.90 Å². The average Bonchev–Trinajstić information content (AvgIpc) is 2.01. The molecule has 82 valence electrons. The lowest BCUT2D eigenvalue weighted by Crippen LogP contribution is -2.28. The number of likely N-dealkylation sites (N-methyl/N-ethyl adjacent to an activating group) is 1.